The quantitative estimate of drug-likeness (QED) is 0.320. The van der Waals surface area contributed by atoms with Crippen LogP contribution in [0.3, 0.4) is 0 Å². The van der Waals surface area contributed by atoms with Gasteiger partial charge in [-0.15, -0.1) is 0 Å². The van der Waals surface area contributed by atoms with Crippen molar-refractivity contribution in [3.63, 3.8) is 0 Å². The molecule has 3 aliphatic rings. The van der Waals surface area contributed by atoms with Crippen LogP contribution in [0.4, 0.5) is 5.82 Å². The molecule has 0 bridgehead atoms. The van der Waals surface area contributed by atoms with Crippen molar-refractivity contribution in [3.05, 3.63) is 47.1 Å². The number of carbonyl (C=O) groups is 2. The number of piperazine rings is 1. The Morgan fingerprint density at radius 2 is 1.69 bits per heavy atom. The SMILES string of the molecule is O=C(CSc1nc(Cl)cc(N2CCN(C(=O)C3CC3)CC2)n1)NC1CCN(Cc2ccccc2)CC1. The fourth-order valence-electron chi connectivity index (χ4n) is 4.83. The van der Waals surface area contributed by atoms with Crippen LogP contribution in [-0.4, -0.2) is 82.6 Å². The Bertz CT molecular complexity index is 1050. The number of nitrogens with one attached hydrogen (secondary N) is 1. The Morgan fingerprint density at radius 1 is 0.972 bits per heavy atom. The molecule has 2 aromatic rings. The molecule has 1 N–H and O–H groups in total. The van der Waals surface area contributed by atoms with Crippen molar-refractivity contribution in [2.45, 2.75) is 43.4 Å². The first-order valence-corrected chi connectivity index (χ1v) is 14.2. The number of thioether (sulfide) groups is 1. The number of aromatic nitrogens is 2. The molecule has 1 aromatic carbocycles. The third kappa shape index (κ3) is 6.89. The topological polar surface area (TPSA) is 81.7 Å². The molecule has 36 heavy (non-hydrogen) atoms. The third-order valence-electron chi connectivity index (χ3n) is 7.04. The largest absolute Gasteiger partial charge is 0.353 e. The summed E-state index contributed by atoms with van der Waals surface area (Å²) in [6.07, 6.45) is 3.97. The van der Waals surface area contributed by atoms with Crippen molar-refractivity contribution in [2.24, 2.45) is 5.92 Å². The molecule has 8 nitrogen and oxygen atoms in total. The smallest absolute Gasteiger partial charge is 0.230 e. The highest BCUT2D eigenvalue weighted by Crippen LogP contribution is 2.31. The maximum Gasteiger partial charge on any atom is 0.230 e. The summed E-state index contributed by atoms with van der Waals surface area (Å²) in [6.45, 7) is 5.76. The van der Waals surface area contributed by atoms with Crippen molar-refractivity contribution in [1.82, 2.24) is 25.1 Å². The zero-order chi connectivity index (χ0) is 24.9. The van der Waals surface area contributed by atoms with E-state index in [1.54, 1.807) is 6.07 Å². The fourth-order valence-corrected chi connectivity index (χ4v) is 5.73. The lowest BCUT2D eigenvalue weighted by atomic mass is 10.0. The summed E-state index contributed by atoms with van der Waals surface area (Å²) in [6, 6.07) is 12.5. The molecule has 0 atom stereocenters. The number of halogens is 1. The fraction of sp³-hybridized carbons (Fsp3) is 0.538. The van der Waals surface area contributed by atoms with E-state index in [-0.39, 0.29) is 23.6 Å². The van der Waals surface area contributed by atoms with Crippen LogP contribution in [0.15, 0.2) is 41.6 Å². The van der Waals surface area contributed by atoms with Crippen LogP contribution in [0.2, 0.25) is 5.15 Å². The first kappa shape index (κ1) is 25.3. The third-order valence-corrected chi connectivity index (χ3v) is 8.08. The van der Waals surface area contributed by atoms with Crippen molar-refractivity contribution >= 4 is 41.0 Å². The van der Waals surface area contributed by atoms with Crippen LogP contribution in [0.25, 0.3) is 0 Å². The van der Waals surface area contributed by atoms with Gasteiger partial charge in [0.1, 0.15) is 11.0 Å². The van der Waals surface area contributed by atoms with E-state index < -0.39 is 0 Å². The molecule has 1 saturated carbocycles. The van der Waals surface area contributed by atoms with Crippen molar-refractivity contribution in [3.8, 4) is 0 Å². The number of anilines is 1. The molecular formula is C26H33ClN6O2S. The summed E-state index contributed by atoms with van der Waals surface area (Å²) in [7, 11) is 0. The number of benzene rings is 1. The van der Waals surface area contributed by atoms with Gasteiger partial charge in [0.15, 0.2) is 5.16 Å². The molecule has 2 amide bonds. The average Bonchev–Trinajstić information content (AvgIpc) is 3.74. The van der Waals surface area contributed by atoms with Gasteiger partial charge in [-0.3, -0.25) is 14.5 Å². The summed E-state index contributed by atoms with van der Waals surface area (Å²) in [5.41, 5.74) is 1.32. The standard InChI is InChI=1S/C26H33ClN6O2S/c27-22-16-23(32-12-14-33(15-13-32)25(35)20-6-7-20)30-26(29-22)36-18-24(34)28-21-8-10-31(11-9-21)17-19-4-2-1-3-5-19/h1-5,16,20-21H,6-15,17-18H2,(H,28,34). The molecule has 0 unspecified atom stereocenters. The van der Waals surface area contributed by atoms with Crippen LogP contribution in [0.5, 0.6) is 0 Å². The Balaban J connectivity index is 1.06. The monoisotopic (exact) mass is 528 g/mol. The van der Waals surface area contributed by atoms with E-state index in [4.69, 9.17) is 11.6 Å². The Hall–Kier alpha value is -2.36. The summed E-state index contributed by atoms with van der Waals surface area (Å²) < 4.78 is 0. The maximum absolute atomic E-state index is 12.6. The van der Waals surface area contributed by atoms with E-state index in [0.717, 1.165) is 64.2 Å². The van der Waals surface area contributed by atoms with Crippen molar-refractivity contribution in [1.29, 1.82) is 0 Å². The number of piperidine rings is 1. The zero-order valence-corrected chi connectivity index (χ0v) is 22.0. The molecule has 1 aromatic heterocycles. The van der Waals surface area contributed by atoms with Gasteiger partial charge in [0.05, 0.1) is 5.75 Å². The molecule has 5 rings (SSSR count). The molecule has 1 aliphatic carbocycles. The maximum atomic E-state index is 12.6. The van der Waals surface area contributed by atoms with E-state index in [9.17, 15) is 9.59 Å². The van der Waals surface area contributed by atoms with E-state index in [1.165, 1.54) is 17.3 Å². The average molecular weight is 529 g/mol. The molecule has 192 valence electrons. The Kier molecular flexibility index (Phi) is 8.29. The van der Waals surface area contributed by atoms with Crippen LogP contribution in [-0.2, 0) is 16.1 Å². The first-order chi connectivity index (χ1) is 17.5. The minimum absolute atomic E-state index is 0.00108. The summed E-state index contributed by atoms with van der Waals surface area (Å²) in [4.78, 5) is 40.4. The number of hydrogen-bond acceptors (Lipinski definition) is 7. The van der Waals surface area contributed by atoms with E-state index >= 15 is 0 Å². The zero-order valence-electron chi connectivity index (χ0n) is 20.4. The lowest BCUT2D eigenvalue weighted by molar-refractivity contribution is -0.132. The second kappa shape index (κ2) is 11.8. The van der Waals surface area contributed by atoms with Gasteiger partial charge in [0, 0.05) is 63.8 Å². The number of hydrogen-bond donors (Lipinski definition) is 1. The highest BCUT2D eigenvalue weighted by molar-refractivity contribution is 7.99. The van der Waals surface area contributed by atoms with E-state index in [0.29, 0.717) is 29.3 Å². The number of rotatable bonds is 8. The molecular weight excluding hydrogens is 496 g/mol. The second-order valence-corrected chi connectivity index (χ2v) is 11.1. The number of amides is 2. The van der Waals surface area contributed by atoms with Gasteiger partial charge in [0.2, 0.25) is 11.8 Å². The molecule has 2 saturated heterocycles. The summed E-state index contributed by atoms with van der Waals surface area (Å²) >= 11 is 7.59. The highest BCUT2D eigenvalue weighted by Gasteiger charge is 2.34. The first-order valence-electron chi connectivity index (χ1n) is 12.8. The van der Waals surface area contributed by atoms with Gasteiger partial charge >= 0.3 is 0 Å². The summed E-state index contributed by atoms with van der Waals surface area (Å²) in [5, 5.41) is 4.04. The van der Waals surface area contributed by atoms with Crippen LogP contribution in [0.1, 0.15) is 31.2 Å². The predicted molar refractivity (Wildman–Crippen MR) is 142 cm³/mol. The van der Waals surface area contributed by atoms with Crippen LogP contribution >= 0.6 is 23.4 Å². The number of carbonyl (C=O) groups excluding carboxylic acids is 2. The lowest BCUT2D eigenvalue weighted by Gasteiger charge is -2.35. The molecule has 0 radical (unpaired) electrons. The minimum Gasteiger partial charge on any atom is -0.353 e. The normalized spacial score (nSPS) is 19.4. The molecule has 2 aliphatic heterocycles. The van der Waals surface area contributed by atoms with Crippen LogP contribution in [0, 0.1) is 5.92 Å². The highest BCUT2D eigenvalue weighted by atomic mass is 35.5. The minimum atomic E-state index is -0.00108. The van der Waals surface area contributed by atoms with E-state index in [1.807, 2.05) is 11.0 Å². The number of likely N-dealkylation sites (tertiary alicyclic amines) is 1. The molecule has 3 heterocycles. The second-order valence-electron chi connectivity index (χ2n) is 9.81. The van der Waals surface area contributed by atoms with Gasteiger partial charge in [-0.2, -0.15) is 0 Å². The lowest BCUT2D eigenvalue weighted by Crippen LogP contribution is -2.49. The van der Waals surface area contributed by atoms with Gasteiger partial charge in [-0.25, -0.2) is 9.97 Å². The van der Waals surface area contributed by atoms with Crippen molar-refractivity contribution in [2.75, 3.05) is 49.9 Å². The van der Waals surface area contributed by atoms with Crippen LogP contribution < -0.4 is 10.2 Å². The Labute approximate surface area is 221 Å². The van der Waals surface area contributed by atoms with Gasteiger partial charge in [-0.05, 0) is 31.2 Å². The van der Waals surface area contributed by atoms with Gasteiger partial charge < -0.3 is 15.1 Å². The summed E-state index contributed by atoms with van der Waals surface area (Å²) in [5.74, 6) is 1.55. The molecule has 3 fully saturated rings. The Morgan fingerprint density at radius 3 is 2.39 bits per heavy atom. The number of nitrogens with zero attached hydrogens (tertiary/aromatic N) is 5. The van der Waals surface area contributed by atoms with E-state index in [2.05, 4.69) is 49.4 Å². The molecule has 10 heteroatoms. The molecule has 0 spiro atoms. The van der Waals surface area contributed by atoms with Crippen molar-refractivity contribution < 1.29 is 9.59 Å². The van der Waals surface area contributed by atoms with Gasteiger partial charge in [-0.1, -0.05) is 53.7 Å². The predicted octanol–water partition coefficient (Wildman–Crippen LogP) is 3.06. The van der Waals surface area contributed by atoms with Gasteiger partial charge in [0.25, 0.3) is 0 Å².